The minimum absolute atomic E-state index is 0.311. The fourth-order valence-electron chi connectivity index (χ4n) is 1.16. The molecular weight excluding hydrogens is 218 g/mol. The molecule has 1 aromatic rings. The maximum Gasteiger partial charge on any atom is 0.0824 e. The lowest BCUT2D eigenvalue weighted by atomic mass is 10.1. The van der Waals surface area contributed by atoms with E-state index in [-0.39, 0.29) is 0 Å². The molecule has 4 N–H and O–H groups in total. The van der Waals surface area contributed by atoms with Crippen LogP contribution in [0.15, 0.2) is 46.4 Å². The average Bonchev–Trinajstić information content (AvgIpc) is 2.29. The van der Waals surface area contributed by atoms with E-state index in [1.807, 2.05) is 36.4 Å². The van der Waals surface area contributed by atoms with E-state index in [0.29, 0.717) is 10.9 Å². The first-order chi connectivity index (χ1) is 7.63. The molecule has 0 saturated heterocycles. The summed E-state index contributed by atoms with van der Waals surface area (Å²) in [6, 6.07) is 9.81. The molecule has 0 unspecified atom stereocenters. The van der Waals surface area contributed by atoms with E-state index < -0.39 is 0 Å². The van der Waals surface area contributed by atoms with Crippen molar-refractivity contribution in [1.82, 2.24) is 0 Å². The summed E-state index contributed by atoms with van der Waals surface area (Å²) in [6.07, 6.45) is 1.82. The van der Waals surface area contributed by atoms with Gasteiger partial charge >= 0.3 is 0 Å². The molecule has 1 aromatic carbocycles. The van der Waals surface area contributed by atoms with Crippen LogP contribution in [0.4, 0.5) is 5.69 Å². The molecular formula is C12H17N3S. The molecule has 16 heavy (non-hydrogen) atoms. The van der Waals surface area contributed by atoms with Gasteiger partial charge in [-0.2, -0.15) is 0 Å². The average molecular weight is 235 g/mol. The summed E-state index contributed by atoms with van der Waals surface area (Å²) in [5.74, 6) is 0.311. The van der Waals surface area contributed by atoms with Gasteiger partial charge in [0.05, 0.1) is 10.7 Å². The lowest BCUT2D eigenvalue weighted by Crippen LogP contribution is -2.07. The molecule has 0 bridgehead atoms. The molecule has 0 aliphatic heterocycles. The molecule has 0 spiro atoms. The fraction of sp³-hybridized carbons (Fsp3) is 0.250. The Bertz CT molecular complexity index is 383. The molecule has 4 heteroatoms. The van der Waals surface area contributed by atoms with E-state index in [0.717, 1.165) is 23.3 Å². The van der Waals surface area contributed by atoms with Crippen molar-refractivity contribution in [2.24, 2.45) is 21.8 Å². The summed E-state index contributed by atoms with van der Waals surface area (Å²) in [7, 11) is 0. The Balaban J connectivity index is 2.99. The highest BCUT2D eigenvalue weighted by Gasteiger charge is 2.03. The first-order valence-electron chi connectivity index (χ1n) is 5.11. The molecule has 0 aliphatic rings. The number of aliphatic imine (C=N–C) groups is 1. The highest BCUT2D eigenvalue weighted by Crippen LogP contribution is 2.14. The number of para-hydroxylation sites is 1. The molecule has 0 atom stereocenters. The number of hydrogen-bond donors (Lipinski definition) is 2. The third kappa shape index (κ3) is 4.08. The van der Waals surface area contributed by atoms with Gasteiger partial charge in [-0.25, -0.2) is 0 Å². The first kappa shape index (κ1) is 12.8. The molecule has 86 valence electrons. The van der Waals surface area contributed by atoms with Gasteiger partial charge in [0.1, 0.15) is 0 Å². The lowest BCUT2D eigenvalue weighted by Gasteiger charge is -2.06. The van der Waals surface area contributed by atoms with Gasteiger partial charge in [0.15, 0.2) is 0 Å². The fourth-order valence-corrected chi connectivity index (χ4v) is 1.35. The van der Waals surface area contributed by atoms with Gasteiger partial charge < -0.3 is 5.73 Å². The quantitative estimate of drug-likeness (QED) is 0.623. The van der Waals surface area contributed by atoms with E-state index in [1.54, 1.807) is 0 Å². The Morgan fingerprint density at radius 1 is 1.31 bits per heavy atom. The maximum absolute atomic E-state index is 5.68. The summed E-state index contributed by atoms with van der Waals surface area (Å²) < 4.78 is 0. The summed E-state index contributed by atoms with van der Waals surface area (Å²) >= 11 is 1.04. The van der Waals surface area contributed by atoms with E-state index in [9.17, 15) is 0 Å². The molecule has 0 radical (unpaired) electrons. The Kier molecular flexibility index (Phi) is 5.08. The third-order valence-electron chi connectivity index (χ3n) is 2.03. The second-order valence-electron chi connectivity index (χ2n) is 3.69. The number of hydrogen-bond acceptors (Lipinski definition) is 4. The van der Waals surface area contributed by atoms with Crippen LogP contribution in [0.25, 0.3) is 0 Å². The Hall–Kier alpha value is -1.26. The Morgan fingerprint density at radius 3 is 2.44 bits per heavy atom. The monoisotopic (exact) mass is 235 g/mol. The van der Waals surface area contributed by atoms with Crippen molar-refractivity contribution < 1.29 is 0 Å². The predicted octanol–water partition coefficient (Wildman–Crippen LogP) is 2.82. The smallest absolute Gasteiger partial charge is 0.0824 e. The second-order valence-corrected chi connectivity index (χ2v) is 4.40. The van der Waals surface area contributed by atoms with Crippen LogP contribution >= 0.6 is 11.9 Å². The highest BCUT2D eigenvalue weighted by atomic mass is 32.2. The predicted molar refractivity (Wildman–Crippen MR) is 72.4 cm³/mol. The van der Waals surface area contributed by atoms with Crippen LogP contribution in [0.5, 0.6) is 0 Å². The van der Waals surface area contributed by atoms with Crippen LogP contribution in [0.3, 0.4) is 0 Å². The molecule has 1 rings (SSSR count). The van der Waals surface area contributed by atoms with Gasteiger partial charge in [-0.05, 0) is 36.1 Å². The zero-order valence-corrected chi connectivity index (χ0v) is 10.4. The Labute approximate surface area is 101 Å². The number of rotatable bonds is 4. The maximum atomic E-state index is 5.68. The van der Waals surface area contributed by atoms with Crippen molar-refractivity contribution >= 4 is 23.3 Å². The van der Waals surface area contributed by atoms with Crippen molar-refractivity contribution in [3.8, 4) is 0 Å². The zero-order chi connectivity index (χ0) is 12.0. The van der Waals surface area contributed by atoms with Crippen LogP contribution in [-0.2, 0) is 0 Å². The SMILES string of the molecule is CC(C)C(/C=C(\N)SN)=Nc1ccccc1. The first-order valence-corrected chi connectivity index (χ1v) is 5.99. The van der Waals surface area contributed by atoms with Gasteiger partial charge in [-0.3, -0.25) is 10.1 Å². The summed E-state index contributed by atoms with van der Waals surface area (Å²) in [6.45, 7) is 4.15. The van der Waals surface area contributed by atoms with E-state index in [4.69, 9.17) is 10.9 Å². The van der Waals surface area contributed by atoms with E-state index in [2.05, 4.69) is 18.8 Å². The van der Waals surface area contributed by atoms with Gasteiger partial charge in [0, 0.05) is 5.71 Å². The second kappa shape index (κ2) is 6.35. The van der Waals surface area contributed by atoms with Crippen LogP contribution in [0, 0.1) is 5.92 Å². The van der Waals surface area contributed by atoms with Gasteiger partial charge in [-0.15, -0.1) is 0 Å². The number of nitrogens with zero attached hydrogens (tertiary/aromatic N) is 1. The number of allylic oxidation sites excluding steroid dienone is 1. The normalized spacial score (nSPS) is 13.2. The molecule has 0 heterocycles. The molecule has 0 amide bonds. The van der Waals surface area contributed by atoms with Crippen molar-refractivity contribution in [3.05, 3.63) is 41.4 Å². The highest BCUT2D eigenvalue weighted by molar-refractivity contribution is 8.00. The van der Waals surface area contributed by atoms with Gasteiger partial charge in [0.25, 0.3) is 0 Å². The van der Waals surface area contributed by atoms with Crippen molar-refractivity contribution in [2.45, 2.75) is 13.8 Å². The summed E-state index contributed by atoms with van der Waals surface area (Å²) in [5, 5.41) is 5.95. The molecule has 0 aliphatic carbocycles. The Morgan fingerprint density at radius 2 is 1.94 bits per heavy atom. The minimum atomic E-state index is 0.311. The summed E-state index contributed by atoms with van der Waals surface area (Å²) in [5.41, 5.74) is 7.54. The number of nitrogens with two attached hydrogens (primary N) is 2. The van der Waals surface area contributed by atoms with Crippen LogP contribution < -0.4 is 10.9 Å². The number of benzene rings is 1. The van der Waals surface area contributed by atoms with Crippen molar-refractivity contribution in [2.75, 3.05) is 0 Å². The van der Waals surface area contributed by atoms with Crippen molar-refractivity contribution in [3.63, 3.8) is 0 Å². The standard InChI is InChI=1S/C12H17N3S/c1-9(2)11(8-12(13)16-14)15-10-6-4-3-5-7-10/h3-9H,13-14H2,1-2H3/b12-8+,15-11?. The third-order valence-corrected chi connectivity index (χ3v) is 2.42. The van der Waals surface area contributed by atoms with Crippen LogP contribution in [-0.4, -0.2) is 5.71 Å². The van der Waals surface area contributed by atoms with Crippen LogP contribution in [0.2, 0.25) is 0 Å². The molecule has 0 saturated carbocycles. The van der Waals surface area contributed by atoms with Crippen molar-refractivity contribution in [1.29, 1.82) is 0 Å². The summed E-state index contributed by atoms with van der Waals surface area (Å²) in [4.78, 5) is 4.54. The lowest BCUT2D eigenvalue weighted by molar-refractivity contribution is 0.888. The zero-order valence-electron chi connectivity index (χ0n) is 9.55. The molecule has 0 aromatic heterocycles. The van der Waals surface area contributed by atoms with E-state index in [1.165, 1.54) is 0 Å². The van der Waals surface area contributed by atoms with Gasteiger partial charge in [-0.1, -0.05) is 32.0 Å². The largest absolute Gasteiger partial charge is 0.392 e. The topological polar surface area (TPSA) is 64.4 Å². The molecule has 3 nitrogen and oxygen atoms in total. The van der Waals surface area contributed by atoms with E-state index >= 15 is 0 Å². The van der Waals surface area contributed by atoms with Gasteiger partial charge in [0.2, 0.25) is 0 Å². The molecule has 0 fully saturated rings. The van der Waals surface area contributed by atoms with Crippen LogP contribution in [0.1, 0.15) is 13.8 Å². The minimum Gasteiger partial charge on any atom is -0.392 e.